The van der Waals surface area contributed by atoms with Gasteiger partial charge < -0.3 is 4.55 Å². The van der Waals surface area contributed by atoms with E-state index in [0.717, 1.165) is 50.4 Å². The minimum absolute atomic E-state index is 0.0196. The second-order valence-corrected chi connectivity index (χ2v) is 17.2. The molecule has 3 aromatic rings. The maximum atomic E-state index is 13.2. The summed E-state index contributed by atoms with van der Waals surface area (Å²) in [6, 6.07) is 19.7. The summed E-state index contributed by atoms with van der Waals surface area (Å²) in [6.07, 6.45) is 8.71. The summed E-state index contributed by atoms with van der Waals surface area (Å²) >= 11 is -0.690. The first kappa shape index (κ1) is 27.2. The Bertz CT molecular complexity index is 1270. The summed E-state index contributed by atoms with van der Waals surface area (Å²) in [7, 11) is 0. The van der Waals surface area contributed by atoms with Crippen molar-refractivity contribution in [3.63, 3.8) is 0 Å². The average molecular weight is 609 g/mol. The van der Waals surface area contributed by atoms with E-state index < -0.39 is 11.4 Å². The maximum absolute atomic E-state index is 13.2. The molecule has 1 N–H and O–H groups in total. The van der Waals surface area contributed by atoms with Gasteiger partial charge in [-0.05, 0) is 20.8 Å². The zero-order chi connectivity index (χ0) is 27.1. The van der Waals surface area contributed by atoms with Gasteiger partial charge in [0.1, 0.15) is 4.75 Å². The first-order chi connectivity index (χ1) is 18.8. The Balaban J connectivity index is 1.20. The number of hydrogen-bond acceptors (Lipinski definition) is 6. The van der Waals surface area contributed by atoms with Crippen LogP contribution in [0.2, 0.25) is 5.32 Å². The molecule has 0 amide bonds. The van der Waals surface area contributed by atoms with E-state index in [2.05, 4.69) is 64.2 Å². The molecule has 2 unspecified atom stereocenters. The molecule has 2 aliphatic heterocycles. The number of anilines is 1. The average Bonchev–Trinajstić information content (AvgIpc) is 3.26. The van der Waals surface area contributed by atoms with Crippen LogP contribution in [0.4, 0.5) is 5.95 Å². The Kier molecular flexibility index (Phi) is 7.53. The van der Waals surface area contributed by atoms with Crippen LogP contribution in [0.3, 0.4) is 0 Å². The van der Waals surface area contributed by atoms with Crippen molar-refractivity contribution in [3.05, 3.63) is 83.2 Å². The fraction of sp³-hybridized carbons (Fsp3) is 0.516. The number of fused-ring (bicyclic) bond motifs is 1. The molecule has 8 heteroatoms. The Labute approximate surface area is 242 Å². The van der Waals surface area contributed by atoms with E-state index in [9.17, 15) is 4.55 Å². The number of rotatable bonds is 5. The molecule has 3 aliphatic rings. The number of aromatic nitrogens is 3. The van der Waals surface area contributed by atoms with Crippen LogP contribution >= 0.6 is 0 Å². The van der Waals surface area contributed by atoms with Crippen LogP contribution in [0.1, 0.15) is 81.3 Å². The van der Waals surface area contributed by atoms with Crippen LogP contribution in [-0.4, -0.2) is 52.5 Å². The van der Waals surface area contributed by atoms with Crippen LogP contribution in [0.25, 0.3) is 0 Å². The monoisotopic (exact) mass is 609 g/mol. The van der Waals surface area contributed by atoms with Gasteiger partial charge in [0.2, 0.25) is 0 Å². The van der Waals surface area contributed by atoms with Crippen molar-refractivity contribution in [2.45, 2.75) is 79.7 Å². The summed E-state index contributed by atoms with van der Waals surface area (Å²) in [5.74, 6) is 0.735. The Morgan fingerprint density at radius 1 is 0.974 bits per heavy atom. The van der Waals surface area contributed by atoms with Gasteiger partial charge in [-0.1, -0.05) is 12.1 Å². The number of nitrogens with zero attached hydrogens (tertiary/aromatic N) is 4. The molecular formula is C31H39N5OSSe. The van der Waals surface area contributed by atoms with Gasteiger partial charge in [0.25, 0.3) is 0 Å². The van der Waals surface area contributed by atoms with Crippen molar-refractivity contribution in [1.29, 1.82) is 0 Å². The number of piperidine rings is 1. The molecule has 2 fully saturated rings. The number of hydrogen-bond donors (Lipinski definition) is 1. The standard InChI is InChI=1S/C31H39N5OSSe/c1-29(2,3)38(37)35-27-25-14-8-7-11-23(25)21-30(27)16-18-36(19-17-30)28-32-22-26(33-34-28)31(15-9-10-20-39-31)24-12-5-4-6-13-24/h4-8,11-14,22,27,35H,9-10,15-21H2,1-3H3/t27-,31?,38?/m1/s1. The van der Waals surface area contributed by atoms with Crippen molar-refractivity contribution in [1.82, 2.24) is 19.9 Å². The fourth-order valence-electron chi connectivity index (χ4n) is 6.56. The molecule has 3 atom stereocenters. The van der Waals surface area contributed by atoms with Crippen molar-refractivity contribution < 1.29 is 4.55 Å². The number of benzene rings is 2. The third-order valence-electron chi connectivity index (χ3n) is 8.82. The van der Waals surface area contributed by atoms with E-state index in [1.165, 1.54) is 34.9 Å². The van der Waals surface area contributed by atoms with Crippen LogP contribution in [0.15, 0.2) is 60.8 Å². The molecule has 0 radical (unpaired) electrons. The minimum atomic E-state index is -1.13. The van der Waals surface area contributed by atoms with E-state index in [0.29, 0.717) is 15.0 Å². The summed E-state index contributed by atoms with van der Waals surface area (Å²) in [6.45, 7) is 7.87. The molecule has 6 nitrogen and oxygen atoms in total. The molecule has 0 bridgehead atoms. The normalized spacial score (nSPS) is 25.4. The van der Waals surface area contributed by atoms with Crippen molar-refractivity contribution in [2.75, 3.05) is 18.0 Å². The van der Waals surface area contributed by atoms with Gasteiger partial charge in [-0.15, -0.1) is 0 Å². The molecule has 0 saturated carbocycles. The van der Waals surface area contributed by atoms with E-state index in [1.807, 2.05) is 27.0 Å². The molecule has 206 valence electrons. The summed E-state index contributed by atoms with van der Waals surface area (Å²) in [4.78, 5) is 7.20. The predicted molar refractivity (Wildman–Crippen MR) is 159 cm³/mol. The number of nitrogens with one attached hydrogen (secondary N) is 1. The Morgan fingerprint density at radius 3 is 2.38 bits per heavy atom. The SMILES string of the molecule is CC(C)(C)[S+]([O-])N[C@@H]1c2ccccc2CC12CCN(c1ncc(C3(c4ccccc4)CCCC[Se]3)nn1)CC2. The van der Waals surface area contributed by atoms with Crippen LogP contribution in [-0.2, 0) is 22.1 Å². The quantitative estimate of drug-likeness (QED) is 0.311. The van der Waals surface area contributed by atoms with Crippen molar-refractivity contribution in [2.24, 2.45) is 5.41 Å². The van der Waals surface area contributed by atoms with Gasteiger partial charge in [-0.2, -0.15) is 0 Å². The molecule has 2 saturated heterocycles. The first-order valence-corrected chi connectivity index (χ1v) is 17.4. The summed E-state index contributed by atoms with van der Waals surface area (Å²) in [5.41, 5.74) is 5.14. The van der Waals surface area contributed by atoms with E-state index in [-0.39, 0.29) is 20.5 Å². The first-order valence-electron chi connectivity index (χ1n) is 14.2. The third kappa shape index (κ3) is 5.15. The van der Waals surface area contributed by atoms with Gasteiger partial charge in [-0.3, -0.25) is 0 Å². The van der Waals surface area contributed by atoms with E-state index in [4.69, 9.17) is 15.2 Å². The molecule has 1 aromatic heterocycles. The Hall–Kier alpha value is -1.96. The van der Waals surface area contributed by atoms with Crippen molar-refractivity contribution in [3.8, 4) is 0 Å². The molecule has 6 rings (SSSR count). The molecule has 3 heterocycles. The third-order valence-corrected chi connectivity index (χ3v) is 13.8. The molecular weight excluding hydrogens is 569 g/mol. The van der Waals surface area contributed by atoms with Crippen LogP contribution in [0, 0.1) is 5.41 Å². The Morgan fingerprint density at radius 2 is 1.72 bits per heavy atom. The predicted octanol–water partition coefficient (Wildman–Crippen LogP) is 5.36. The van der Waals surface area contributed by atoms with Gasteiger partial charge >= 0.3 is 201 Å². The molecule has 39 heavy (non-hydrogen) atoms. The second kappa shape index (κ2) is 10.8. The van der Waals surface area contributed by atoms with Crippen molar-refractivity contribution >= 4 is 32.3 Å². The molecule has 1 spiro atoms. The van der Waals surface area contributed by atoms with E-state index >= 15 is 0 Å². The van der Waals surface area contributed by atoms with Crippen LogP contribution in [0.5, 0.6) is 0 Å². The second-order valence-electron chi connectivity index (χ2n) is 12.3. The zero-order valence-corrected chi connectivity index (χ0v) is 25.8. The van der Waals surface area contributed by atoms with E-state index in [1.54, 1.807) is 0 Å². The zero-order valence-electron chi connectivity index (χ0n) is 23.2. The van der Waals surface area contributed by atoms with Gasteiger partial charge in [0.15, 0.2) is 0 Å². The van der Waals surface area contributed by atoms with Gasteiger partial charge in [0, 0.05) is 0 Å². The summed E-state index contributed by atoms with van der Waals surface area (Å²) in [5, 5.41) is 10.8. The van der Waals surface area contributed by atoms with Gasteiger partial charge in [-0.25, -0.2) is 0 Å². The van der Waals surface area contributed by atoms with Gasteiger partial charge in [0.05, 0.1) is 0 Å². The van der Waals surface area contributed by atoms with Crippen LogP contribution < -0.4 is 9.62 Å². The molecule has 1 aliphatic carbocycles. The summed E-state index contributed by atoms with van der Waals surface area (Å²) < 4.78 is 16.4. The topological polar surface area (TPSA) is 77.0 Å². The fourth-order valence-corrected chi connectivity index (χ4v) is 10.7. The molecule has 2 aromatic carbocycles.